The van der Waals surface area contributed by atoms with E-state index < -0.39 is 0 Å². The zero-order chi connectivity index (χ0) is 9.97. The molecule has 2 fully saturated rings. The van der Waals surface area contributed by atoms with E-state index in [2.05, 4.69) is 0 Å². The number of hydrogen-bond donors (Lipinski definition) is 0. The summed E-state index contributed by atoms with van der Waals surface area (Å²) in [7, 11) is 0. The minimum Gasteiger partial charge on any atom is -0.319 e. The molecule has 1 aliphatic heterocycles. The molecule has 0 unspecified atom stereocenters. The molecule has 0 spiro atoms. The lowest BCUT2D eigenvalue weighted by Crippen LogP contribution is -2.21. The Balaban J connectivity index is 2.08. The standard InChI is InChI=1S/C11H15NO2/c13-10-5-2-1-4-9(10)8-12-7-3-6-11(12)14/h8H,1-7H2/b9-8-. The molecule has 3 nitrogen and oxygen atoms in total. The first kappa shape index (κ1) is 9.44. The van der Waals surface area contributed by atoms with Gasteiger partial charge in [0.2, 0.25) is 5.91 Å². The number of likely N-dealkylation sites (tertiary alicyclic amines) is 1. The van der Waals surface area contributed by atoms with Crippen molar-refractivity contribution >= 4 is 11.7 Å². The molecular formula is C11H15NO2. The van der Waals surface area contributed by atoms with Gasteiger partial charge in [0.15, 0.2) is 5.78 Å². The van der Waals surface area contributed by atoms with Crippen LogP contribution in [0.4, 0.5) is 0 Å². The van der Waals surface area contributed by atoms with Crippen LogP contribution in [0.5, 0.6) is 0 Å². The summed E-state index contributed by atoms with van der Waals surface area (Å²) in [5.41, 5.74) is 0.853. The molecule has 0 aromatic heterocycles. The average molecular weight is 193 g/mol. The number of hydrogen-bond acceptors (Lipinski definition) is 2. The van der Waals surface area contributed by atoms with Crippen molar-refractivity contribution in [3.63, 3.8) is 0 Å². The maximum absolute atomic E-state index is 11.5. The van der Waals surface area contributed by atoms with Gasteiger partial charge in [0.05, 0.1) is 0 Å². The van der Waals surface area contributed by atoms with E-state index >= 15 is 0 Å². The van der Waals surface area contributed by atoms with Crippen molar-refractivity contribution in [2.75, 3.05) is 6.54 Å². The van der Waals surface area contributed by atoms with Gasteiger partial charge in [-0.2, -0.15) is 0 Å². The van der Waals surface area contributed by atoms with Crippen LogP contribution in [0.15, 0.2) is 11.8 Å². The number of nitrogens with zero attached hydrogens (tertiary/aromatic N) is 1. The molecule has 1 saturated heterocycles. The molecule has 1 heterocycles. The zero-order valence-electron chi connectivity index (χ0n) is 8.29. The second-order valence-corrected chi connectivity index (χ2v) is 3.98. The van der Waals surface area contributed by atoms with Crippen LogP contribution in [0.2, 0.25) is 0 Å². The third-order valence-electron chi connectivity index (χ3n) is 2.88. The molecule has 0 atom stereocenters. The first-order valence-corrected chi connectivity index (χ1v) is 5.31. The Labute approximate surface area is 83.8 Å². The summed E-state index contributed by atoms with van der Waals surface area (Å²) >= 11 is 0. The lowest BCUT2D eigenvalue weighted by atomic mass is 9.94. The summed E-state index contributed by atoms with van der Waals surface area (Å²) in [6.07, 6.45) is 6.95. The van der Waals surface area contributed by atoms with Gasteiger partial charge in [-0.1, -0.05) is 0 Å². The van der Waals surface area contributed by atoms with Crippen LogP contribution in [-0.2, 0) is 9.59 Å². The van der Waals surface area contributed by atoms with E-state index in [1.807, 2.05) is 0 Å². The molecule has 0 N–H and O–H groups in total. The number of carbonyl (C=O) groups is 2. The van der Waals surface area contributed by atoms with Gasteiger partial charge >= 0.3 is 0 Å². The highest BCUT2D eigenvalue weighted by atomic mass is 16.2. The van der Waals surface area contributed by atoms with Crippen molar-refractivity contribution < 1.29 is 9.59 Å². The normalized spacial score (nSPS) is 26.3. The maximum atomic E-state index is 11.5. The van der Waals surface area contributed by atoms with Crippen LogP contribution >= 0.6 is 0 Å². The van der Waals surface area contributed by atoms with Gasteiger partial charge in [-0.15, -0.1) is 0 Å². The molecule has 2 rings (SSSR count). The number of carbonyl (C=O) groups excluding carboxylic acids is 2. The fourth-order valence-corrected chi connectivity index (χ4v) is 2.03. The number of ketones is 1. The van der Waals surface area contributed by atoms with Crippen LogP contribution in [0, 0.1) is 0 Å². The predicted octanol–water partition coefficient (Wildman–Crippen LogP) is 1.64. The number of amides is 1. The summed E-state index contributed by atoms with van der Waals surface area (Å²) in [5.74, 6) is 0.395. The smallest absolute Gasteiger partial charge is 0.226 e. The van der Waals surface area contributed by atoms with Gasteiger partial charge in [0.25, 0.3) is 0 Å². The van der Waals surface area contributed by atoms with Gasteiger partial charge in [-0.25, -0.2) is 0 Å². The Morgan fingerprint density at radius 1 is 1.00 bits per heavy atom. The zero-order valence-corrected chi connectivity index (χ0v) is 8.29. The van der Waals surface area contributed by atoms with E-state index in [1.165, 1.54) is 0 Å². The van der Waals surface area contributed by atoms with Crippen molar-refractivity contribution in [3.05, 3.63) is 11.8 Å². The fourth-order valence-electron chi connectivity index (χ4n) is 2.03. The quantitative estimate of drug-likeness (QED) is 0.594. The Hall–Kier alpha value is -1.12. The first-order valence-electron chi connectivity index (χ1n) is 5.31. The minimum atomic E-state index is 0.163. The highest BCUT2D eigenvalue weighted by Gasteiger charge is 2.21. The molecule has 0 aromatic carbocycles. The number of Topliss-reactive ketones (excluding diaryl/α,β-unsaturated/α-hetero) is 1. The fraction of sp³-hybridized carbons (Fsp3) is 0.636. The molecule has 3 heteroatoms. The van der Waals surface area contributed by atoms with Crippen LogP contribution in [0.3, 0.4) is 0 Å². The Kier molecular flexibility index (Phi) is 2.66. The monoisotopic (exact) mass is 193 g/mol. The Morgan fingerprint density at radius 2 is 1.79 bits per heavy atom. The van der Waals surface area contributed by atoms with Gasteiger partial charge in [-0.05, 0) is 25.7 Å². The van der Waals surface area contributed by atoms with Crippen LogP contribution in [0.1, 0.15) is 38.5 Å². The van der Waals surface area contributed by atoms with Crippen molar-refractivity contribution in [1.29, 1.82) is 0 Å². The highest BCUT2D eigenvalue weighted by molar-refractivity contribution is 5.96. The second kappa shape index (κ2) is 3.95. The van der Waals surface area contributed by atoms with Crippen LogP contribution in [-0.4, -0.2) is 23.1 Å². The molecule has 0 bridgehead atoms. The van der Waals surface area contributed by atoms with Crippen molar-refractivity contribution in [3.8, 4) is 0 Å². The van der Waals surface area contributed by atoms with Crippen molar-refractivity contribution in [1.82, 2.24) is 4.90 Å². The van der Waals surface area contributed by atoms with E-state index in [1.54, 1.807) is 11.1 Å². The summed E-state index contributed by atoms with van der Waals surface area (Å²) < 4.78 is 0. The summed E-state index contributed by atoms with van der Waals surface area (Å²) in [6.45, 7) is 0.787. The molecular weight excluding hydrogens is 178 g/mol. The highest BCUT2D eigenvalue weighted by Crippen LogP contribution is 2.21. The largest absolute Gasteiger partial charge is 0.319 e. The van der Waals surface area contributed by atoms with E-state index in [0.717, 1.165) is 37.8 Å². The van der Waals surface area contributed by atoms with Gasteiger partial charge in [-0.3, -0.25) is 9.59 Å². The van der Waals surface area contributed by atoms with Gasteiger partial charge in [0, 0.05) is 31.2 Å². The molecule has 1 amide bonds. The first-order chi connectivity index (χ1) is 6.77. The molecule has 1 saturated carbocycles. The lowest BCUT2D eigenvalue weighted by molar-refractivity contribution is -0.125. The third kappa shape index (κ3) is 1.86. The summed E-state index contributed by atoms with van der Waals surface area (Å²) in [5, 5.41) is 0. The third-order valence-corrected chi connectivity index (χ3v) is 2.88. The van der Waals surface area contributed by atoms with E-state index in [-0.39, 0.29) is 11.7 Å². The van der Waals surface area contributed by atoms with Crippen molar-refractivity contribution in [2.24, 2.45) is 0 Å². The lowest BCUT2D eigenvalue weighted by Gasteiger charge is -2.16. The maximum Gasteiger partial charge on any atom is 0.226 e. The predicted molar refractivity (Wildman–Crippen MR) is 52.5 cm³/mol. The SMILES string of the molecule is O=C1CCCC/C1=C/N1CCCC1=O. The summed E-state index contributed by atoms with van der Waals surface area (Å²) in [6, 6.07) is 0. The molecule has 0 aromatic rings. The van der Waals surface area contributed by atoms with E-state index in [9.17, 15) is 9.59 Å². The molecule has 2 aliphatic rings. The topological polar surface area (TPSA) is 37.4 Å². The van der Waals surface area contributed by atoms with Gasteiger partial charge in [0.1, 0.15) is 0 Å². The minimum absolute atomic E-state index is 0.163. The number of rotatable bonds is 1. The van der Waals surface area contributed by atoms with Crippen LogP contribution in [0.25, 0.3) is 0 Å². The van der Waals surface area contributed by atoms with Crippen LogP contribution < -0.4 is 0 Å². The van der Waals surface area contributed by atoms with E-state index in [4.69, 9.17) is 0 Å². The molecule has 1 aliphatic carbocycles. The summed E-state index contributed by atoms with van der Waals surface area (Å²) in [4.78, 5) is 24.5. The second-order valence-electron chi connectivity index (χ2n) is 3.98. The number of allylic oxidation sites excluding steroid dienone is 1. The van der Waals surface area contributed by atoms with Crippen molar-refractivity contribution in [2.45, 2.75) is 38.5 Å². The Bertz CT molecular complexity index is 294. The molecule has 76 valence electrons. The van der Waals surface area contributed by atoms with E-state index in [0.29, 0.717) is 12.8 Å². The molecule has 14 heavy (non-hydrogen) atoms. The molecule has 0 radical (unpaired) electrons. The Morgan fingerprint density at radius 3 is 2.43 bits per heavy atom. The van der Waals surface area contributed by atoms with Gasteiger partial charge < -0.3 is 4.90 Å². The average Bonchev–Trinajstić information content (AvgIpc) is 2.56.